The summed E-state index contributed by atoms with van der Waals surface area (Å²) >= 11 is 0. The molecule has 0 aliphatic carbocycles. The number of methoxy groups -OCH3 is 1. The van der Waals surface area contributed by atoms with E-state index in [0.717, 1.165) is 16.9 Å². The van der Waals surface area contributed by atoms with Gasteiger partial charge in [0.1, 0.15) is 23.9 Å². The third-order valence-corrected chi connectivity index (χ3v) is 4.09. The Bertz CT molecular complexity index is 1010. The summed E-state index contributed by atoms with van der Waals surface area (Å²) in [6.45, 7) is 2.47. The van der Waals surface area contributed by atoms with Crippen LogP contribution in [0.15, 0.2) is 61.1 Å². The fourth-order valence-electron chi connectivity index (χ4n) is 2.69. The van der Waals surface area contributed by atoms with Crippen LogP contribution < -0.4 is 14.8 Å². The van der Waals surface area contributed by atoms with E-state index in [4.69, 9.17) is 9.47 Å². The van der Waals surface area contributed by atoms with E-state index in [2.05, 4.69) is 10.3 Å². The lowest BCUT2D eigenvalue weighted by Gasteiger charge is -2.10. The molecule has 7 heteroatoms. The minimum absolute atomic E-state index is 0.246. The van der Waals surface area contributed by atoms with E-state index in [1.807, 2.05) is 35.9 Å². The molecule has 1 aromatic heterocycles. The Hall–Kier alpha value is -3.61. The second-order valence-electron chi connectivity index (χ2n) is 6.28. The molecule has 1 heterocycles. The summed E-state index contributed by atoms with van der Waals surface area (Å²) in [7, 11) is 1.60. The van der Waals surface area contributed by atoms with Gasteiger partial charge in [0.25, 0.3) is 0 Å². The van der Waals surface area contributed by atoms with Crippen molar-refractivity contribution in [3.8, 4) is 17.2 Å². The van der Waals surface area contributed by atoms with E-state index in [0.29, 0.717) is 18.0 Å². The Morgan fingerprint density at radius 1 is 1.28 bits per heavy atom. The van der Waals surface area contributed by atoms with Crippen molar-refractivity contribution in [1.29, 1.82) is 0 Å². The zero-order chi connectivity index (χ0) is 20.6. The highest BCUT2D eigenvalue weighted by Gasteiger charge is 2.06. The zero-order valence-electron chi connectivity index (χ0n) is 16.3. The summed E-state index contributed by atoms with van der Waals surface area (Å²) in [5.74, 6) is 0.490. The van der Waals surface area contributed by atoms with Gasteiger partial charge in [-0.05, 0) is 42.8 Å². The summed E-state index contributed by atoms with van der Waals surface area (Å²) in [5, 5.41) is 2.72. The SMILES string of the molecule is COc1cc(C=CC(=O)NCCOc2cccc(F)c2)ccc1-n1cnc(C)c1. The maximum absolute atomic E-state index is 13.1. The highest BCUT2D eigenvalue weighted by molar-refractivity contribution is 5.91. The molecule has 0 aliphatic heterocycles. The molecular formula is C22H22FN3O3. The van der Waals surface area contributed by atoms with E-state index < -0.39 is 0 Å². The fourth-order valence-corrected chi connectivity index (χ4v) is 2.69. The lowest BCUT2D eigenvalue weighted by Crippen LogP contribution is -2.26. The highest BCUT2D eigenvalue weighted by atomic mass is 19.1. The summed E-state index contributed by atoms with van der Waals surface area (Å²) in [6.07, 6.45) is 6.78. The van der Waals surface area contributed by atoms with E-state index in [1.165, 1.54) is 18.2 Å². The number of benzene rings is 2. The van der Waals surface area contributed by atoms with Gasteiger partial charge in [0.2, 0.25) is 5.91 Å². The van der Waals surface area contributed by atoms with Crippen LogP contribution in [-0.4, -0.2) is 35.7 Å². The number of carbonyl (C=O) groups is 1. The molecule has 0 unspecified atom stereocenters. The number of carbonyl (C=O) groups excluding carboxylic acids is 1. The number of hydrogen-bond donors (Lipinski definition) is 1. The third kappa shape index (κ3) is 5.68. The van der Waals surface area contributed by atoms with Gasteiger partial charge in [0.05, 0.1) is 31.4 Å². The molecule has 0 saturated heterocycles. The summed E-state index contributed by atoms with van der Waals surface area (Å²) in [4.78, 5) is 16.2. The molecule has 0 atom stereocenters. The second-order valence-corrected chi connectivity index (χ2v) is 6.28. The molecular weight excluding hydrogens is 373 g/mol. The molecule has 0 aliphatic rings. The molecule has 150 valence electrons. The first-order valence-electron chi connectivity index (χ1n) is 9.08. The molecule has 0 spiro atoms. The van der Waals surface area contributed by atoms with Crippen molar-refractivity contribution in [2.75, 3.05) is 20.3 Å². The van der Waals surface area contributed by atoms with Crippen molar-refractivity contribution in [3.05, 3.63) is 78.1 Å². The van der Waals surface area contributed by atoms with Crippen LogP contribution in [-0.2, 0) is 4.79 Å². The number of nitrogens with zero attached hydrogens (tertiary/aromatic N) is 2. The predicted molar refractivity (Wildman–Crippen MR) is 109 cm³/mol. The molecule has 3 aromatic rings. The maximum atomic E-state index is 13.1. The second kappa shape index (κ2) is 9.54. The van der Waals surface area contributed by atoms with Gasteiger partial charge >= 0.3 is 0 Å². The predicted octanol–water partition coefficient (Wildman–Crippen LogP) is 3.54. The average Bonchev–Trinajstić information content (AvgIpc) is 3.15. The molecule has 1 N–H and O–H groups in total. The molecule has 3 rings (SSSR count). The Morgan fingerprint density at radius 2 is 2.14 bits per heavy atom. The molecule has 0 radical (unpaired) electrons. The van der Waals surface area contributed by atoms with Crippen molar-refractivity contribution in [3.63, 3.8) is 0 Å². The molecule has 0 bridgehead atoms. The van der Waals surface area contributed by atoms with Crippen molar-refractivity contribution in [1.82, 2.24) is 14.9 Å². The average molecular weight is 395 g/mol. The van der Waals surface area contributed by atoms with Gasteiger partial charge in [0.15, 0.2) is 0 Å². The van der Waals surface area contributed by atoms with E-state index in [1.54, 1.807) is 31.6 Å². The normalized spacial score (nSPS) is 10.9. The number of ether oxygens (including phenoxy) is 2. The van der Waals surface area contributed by atoms with Crippen LogP contribution in [0.3, 0.4) is 0 Å². The van der Waals surface area contributed by atoms with Gasteiger partial charge in [-0.25, -0.2) is 9.37 Å². The lowest BCUT2D eigenvalue weighted by atomic mass is 10.1. The third-order valence-electron chi connectivity index (χ3n) is 4.09. The summed E-state index contributed by atoms with van der Waals surface area (Å²) in [6, 6.07) is 11.5. The van der Waals surface area contributed by atoms with Crippen LogP contribution in [0.1, 0.15) is 11.3 Å². The number of aromatic nitrogens is 2. The molecule has 0 saturated carbocycles. The van der Waals surface area contributed by atoms with E-state index >= 15 is 0 Å². The topological polar surface area (TPSA) is 65.4 Å². The number of amides is 1. The first-order valence-corrected chi connectivity index (χ1v) is 9.08. The standard InChI is InChI=1S/C22H22FN3O3/c1-16-14-26(15-25-16)20-8-6-17(12-21(20)28-2)7-9-22(27)24-10-11-29-19-5-3-4-18(23)13-19/h3-9,12-15H,10-11H2,1-2H3,(H,24,27). The van der Waals surface area contributed by atoms with Crippen LogP contribution in [0.25, 0.3) is 11.8 Å². The molecule has 29 heavy (non-hydrogen) atoms. The zero-order valence-corrected chi connectivity index (χ0v) is 16.3. The van der Waals surface area contributed by atoms with E-state index in [9.17, 15) is 9.18 Å². The van der Waals surface area contributed by atoms with Crippen LogP contribution in [0.4, 0.5) is 4.39 Å². The van der Waals surface area contributed by atoms with Gasteiger partial charge in [-0.3, -0.25) is 4.79 Å². The van der Waals surface area contributed by atoms with Gasteiger partial charge < -0.3 is 19.4 Å². The Morgan fingerprint density at radius 3 is 2.86 bits per heavy atom. The number of halogens is 1. The van der Waals surface area contributed by atoms with Gasteiger partial charge in [-0.1, -0.05) is 12.1 Å². The quantitative estimate of drug-likeness (QED) is 0.468. The number of imidazole rings is 1. The summed E-state index contributed by atoms with van der Waals surface area (Å²) in [5.41, 5.74) is 2.60. The largest absolute Gasteiger partial charge is 0.495 e. The lowest BCUT2D eigenvalue weighted by molar-refractivity contribution is -0.116. The Kier molecular flexibility index (Phi) is 6.63. The highest BCUT2D eigenvalue weighted by Crippen LogP contribution is 2.25. The van der Waals surface area contributed by atoms with Crippen LogP contribution in [0, 0.1) is 12.7 Å². The van der Waals surface area contributed by atoms with Crippen molar-refractivity contribution in [2.24, 2.45) is 0 Å². The first-order chi connectivity index (χ1) is 14.0. The fraction of sp³-hybridized carbons (Fsp3) is 0.182. The van der Waals surface area contributed by atoms with Crippen LogP contribution in [0.5, 0.6) is 11.5 Å². The Balaban J connectivity index is 1.53. The minimum Gasteiger partial charge on any atom is -0.495 e. The first kappa shape index (κ1) is 20.1. The maximum Gasteiger partial charge on any atom is 0.244 e. The van der Waals surface area contributed by atoms with Crippen LogP contribution in [0.2, 0.25) is 0 Å². The summed E-state index contributed by atoms with van der Waals surface area (Å²) < 4.78 is 25.8. The van der Waals surface area contributed by atoms with Gasteiger partial charge in [-0.2, -0.15) is 0 Å². The van der Waals surface area contributed by atoms with Crippen LogP contribution >= 0.6 is 0 Å². The Labute approximate surface area is 168 Å². The number of hydrogen-bond acceptors (Lipinski definition) is 4. The smallest absolute Gasteiger partial charge is 0.244 e. The van der Waals surface area contributed by atoms with Crippen molar-refractivity contribution in [2.45, 2.75) is 6.92 Å². The number of aryl methyl sites for hydroxylation is 1. The van der Waals surface area contributed by atoms with Gasteiger partial charge in [0, 0.05) is 18.3 Å². The molecule has 6 nitrogen and oxygen atoms in total. The number of nitrogens with one attached hydrogen (secondary N) is 1. The molecule has 0 fully saturated rings. The minimum atomic E-state index is -0.362. The van der Waals surface area contributed by atoms with Crippen molar-refractivity contribution < 1.29 is 18.7 Å². The van der Waals surface area contributed by atoms with Crippen molar-refractivity contribution >= 4 is 12.0 Å². The number of rotatable bonds is 8. The van der Waals surface area contributed by atoms with Gasteiger partial charge in [-0.15, -0.1) is 0 Å². The molecule has 1 amide bonds. The van der Waals surface area contributed by atoms with E-state index in [-0.39, 0.29) is 18.3 Å². The molecule has 2 aromatic carbocycles. The monoisotopic (exact) mass is 395 g/mol.